The lowest BCUT2D eigenvalue weighted by Crippen LogP contribution is -2.37. The van der Waals surface area contributed by atoms with Gasteiger partial charge >= 0.3 is 0 Å². The molecule has 1 atom stereocenters. The first-order valence-electron chi connectivity index (χ1n) is 11.1. The molecule has 31 heavy (non-hydrogen) atoms. The van der Waals surface area contributed by atoms with Crippen LogP contribution < -0.4 is 5.32 Å². The number of likely N-dealkylation sites (tertiary alicyclic amines) is 1. The topological polar surface area (TPSA) is 45.5 Å². The number of aryl methyl sites for hydroxylation is 1. The van der Waals surface area contributed by atoms with Crippen LogP contribution in [0.5, 0.6) is 0 Å². The van der Waals surface area contributed by atoms with Gasteiger partial charge in [0, 0.05) is 22.0 Å². The van der Waals surface area contributed by atoms with Crippen molar-refractivity contribution in [2.24, 2.45) is 0 Å². The van der Waals surface area contributed by atoms with Gasteiger partial charge in [-0.15, -0.1) is 0 Å². The number of fused-ring (bicyclic) bond motifs is 1. The van der Waals surface area contributed by atoms with Crippen molar-refractivity contribution in [1.29, 1.82) is 0 Å². The van der Waals surface area contributed by atoms with Crippen LogP contribution in [0.15, 0.2) is 51.4 Å². The van der Waals surface area contributed by atoms with Crippen LogP contribution in [0.25, 0.3) is 11.0 Å². The second-order valence-corrected chi connectivity index (χ2v) is 10.5. The highest BCUT2D eigenvalue weighted by Gasteiger charge is 2.26. The fourth-order valence-electron chi connectivity index (χ4n) is 4.40. The fourth-order valence-corrected chi connectivity index (χ4v) is 4.74. The molecule has 164 valence electrons. The van der Waals surface area contributed by atoms with E-state index in [4.69, 9.17) is 4.42 Å². The lowest BCUT2D eigenvalue weighted by molar-refractivity contribution is 0.0911. The minimum absolute atomic E-state index is 0.129. The van der Waals surface area contributed by atoms with E-state index in [1.165, 1.54) is 24.0 Å². The molecule has 4 nitrogen and oxygen atoms in total. The first kappa shape index (κ1) is 22.1. The van der Waals surface area contributed by atoms with Gasteiger partial charge < -0.3 is 9.73 Å². The molecule has 4 rings (SSSR count). The van der Waals surface area contributed by atoms with Crippen LogP contribution in [0, 0.1) is 6.92 Å². The van der Waals surface area contributed by atoms with Crippen molar-refractivity contribution in [2.75, 3.05) is 19.6 Å². The molecule has 5 heteroatoms. The van der Waals surface area contributed by atoms with E-state index in [1.54, 1.807) is 0 Å². The minimum Gasteiger partial charge on any atom is -0.451 e. The number of amides is 1. The molecule has 1 aliphatic heterocycles. The standard InChI is InChI=1S/C26H31BrN2O2/c1-17-21-12-11-20(27)15-23(21)31-24(17)25(30)28-16-22(29-13-5-6-14-29)18-7-9-19(10-8-18)26(2,3)4/h7-12,15,22H,5-6,13-14,16H2,1-4H3,(H,28,30)/t22-/m0/s1. The number of hydrogen-bond acceptors (Lipinski definition) is 3. The Morgan fingerprint density at radius 1 is 1.13 bits per heavy atom. The number of nitrogens with one attached hydrogen (secondary N) is 1. The zero-order chi connectivity index (χ0) is 22.2. The van der Waals surface area contributed by atoms with Crippen LogP contribution >= 0.6 is 15.9 Å². The Balaban J connectivity index is 1.54. The predicted molar refractivity (Wildman–Crippen MR) is 130 cm³/mol. The van der Waals surface area contributed by atoms with E-state index in [-0.39, 0.29) is 17.4 Å². The predicted octanol–water partition coefficient (Wildman–Crippen LogP) is 6.37. The number of hydrogen-bond donors (Lipinski definition) is 1. The Morgan fingerprint density at radius 3 is 2.45 bits per heavy atom. The van der Waals surface area contributed by atoms with Gasteiger partial charge in [0.15, 0.2) is 5.76 Å². The van der Waals surface area contributed by atoms with E-state index in [1.807, 2.05) is 25.1 Å². The Kier molecular flexibility index (Phi) is 6.27. The van der Waals surface area contributed by atoms with Gasteiger partial charge in [0.2, 0.25) is 0 Å². The maximum atomic E-state index is 13.0. The van der Waals surface area contributed by atoms with Crippen LogP contribution in [-0.4, -0.2) is 30.4 Å². The van der Waals surface area contributed by atoms with Crippen molar-refractivity contribution in [3.8, 4) is 0 Å². The summed E-state index contributed by atoms with van der Waals surface area (Å²) in [6.45, 7) is 11.3. The number of halogens is 1. The number of carbonyl (C=O) groups is 1. The lowest BCUT2D eigenvalue weighted by Gasteiger charge is -2.29. The van der Waals surface area contributed by atoms with Gasteiger partial charge in [0.05, 0.1) is 6.04 Å². The summed E-state index contributed by atoms with van der Waals surface area (Å²) in [6.07, 6.45) is 2.42. The second kappa shape index (κ2) is 8.79. The van der Waals surface area contributed by atoms with Gasteiger partial charge in [0.25, 0.3) is 5.91 Å². The van der Waals surface area contributed by atoms with E-state index in [9.17, 15) is 4.79 Å². The lowest BCUT2D eigenvalue weighted by atomic mass is 9.86. The molecule has 1 amide bonds. The number of furan rings is 1. The summed E-state index contributed by atoms with van der Waals surface area (Å²) in [6, 6.07) is 14.9. The quantitative estimate of drug-likeness (QED) is 0.459. The Bertz CT molecular complexity index is 1070. The maximum absolute atomic E-state index is 13.0. The zero-order valence-electron chi connectivity index (χ0n) is 18.8. The summed E-state index contributed by atoms with van der Waals surface area (Å²) < 4.78 is 6.84. The number of carbonyl (C=O) groups excluding carboxylic acids is 1. The average Bonchev–Trinajstić information content (AvgIpc) is 3.36. The third-order valence-electron chi connectivity index (χ3n) is 6.31. The van der Waals surface area contributed by atoms with Gasteiger partial charge in [-0.25, -0.2) is 0 Å². The molecule has 3 aromatic rings. The van der Waals surface area contributed by atoms with E-state index < -0.39 is 0 Å². The Hall–Kier alpha value is -2.11. The highest BCUT2D eigenvalue weighted by molar-refractivity contribution is 9.10. The molecule has 1 saturated heterocycles. The first-order valence-corrected chi connectivity index (χ1v) is 11.8. The van der Waals surface area contributed by atoms with Crippen molar-refractivity contribution >= 4 is 32.8 Å². The van der Waals surface area contributed by atoms with Gasteiger partial charge in [-0.1, -0.05) is 61.0 Å². The molecule has 0 saturated carbocycles. The normalized spacial score (nSPS) is 16.0. The molecule has 1 N–H and O–H groups in total. The molecular formula is C26H31BrN2O2. The fraction of sp³-hybridized carbons (Fsp3) is 0.423. The summed E-state index contributed by atoms with van der Waals surface area (Å²) in [7, 11) is 0. The van der Waals surface area contributed by atoms with Crippen LogP contribution in [0.3, 0.4) is 0 Å². The van der Waals surface area contributed by atoms with E-state index >= 15 is 0 Å². The highest BCUT2D eigenvalue weighted by Crippen LogP contribution is 2.30. The van der Waals surface area contributed by atoms with Crippen LogP contribution in [0.2, 0.25) is 0 Å². The van der Waals surface area contributed by atoms with Crippen LogP contribution in [0.1, 0.15) is 66.9 Å². The third-order valence-corrected chi connectivity index (χ3v) is 6.80. The van der Waals surface area contributed by atoms with Gasteiger partial charge in [-0.2, -0.15) is 0 Å². The zero-order valence-corrected chi connectivity index (χ0v) is 20.4. The summed E-state index contributed by atoms with van der Waals surface area (Å²) in [5, 5.41) is 4.12. The summed E-state index contributed by atoms with van der Waals surface area (Å²) >= 11 is 3.47. The molecule has 2 aromatic carbocycles. The SMILES string of the molecule is Cc1c(C(=O)NC[C@@H](c2ccc(C(C)(C)C)cc2)N2CCCC2)oc2cc(Br)ccc12. The first-order chi connectivity index (χ1) is 14.7. The van der Waals surface area contributed by atoms with Crippen molar-refractivity contribution in [3.05, 3.63) is 69.4 Å². The monoisotopic (exact) mass is 482 g/mol. The molecular weight excluding hydrogens is 452 g/mol. The summed E-state index contributed by atoms with van der Waals surface area (Å²) in [5.74, 6) is 0.247. The van der Waals surface area contributed by atoms with Crippen molar-refractivity contribution in [3.63, 3.8) is 0 Å². The molecule has 1 aromatic heterocycles. The Morgan fingerprint density at radius 2 is 1.81 bits per heavy atom. The van der Waals surface area contributed by atoms with Crippen molar-refractivity contribution in [1.82, 2.24) is 10.2 Å². The molecule has 0 unspecified atom stereocenters. The largest absolute Gasteiger partial charge is 0.451 e. The van der Waals surface area contributed by atoms with Gasteiger partial charge in [-0.3, -0.25) is 9.69 Å². The van der Waals surface area contributed by atoms with Gasteiger partial charge in [-0.05, 0) is 67.6 Å². The maximum Gasteiger partial charge on any atom is 0.287 e. The number of rotatable bonds is 5. The summed E-state index contributed by atoms with van der Waals surface area (Å²) in [5.41, 5.74) is 4.31. The molecule has 1 aliphatic rings. The van der Waals surface area contributed by atoms with Gasteiger partial charge in [0.1, 0.15) is 5.58 Å². The van der Waals surface area contributed by atoms with Crippen LogP contribution in [0.4, 0.5) is 0 Å². The Labute approximate surface area is 193 Å². The molecule has 0 aliphatic carbocycles. The van der Waals surface area contributed by atoms with E-state index in [2.05, 4.69) is 71.2 Å². The van der Waals surface area contributed by atoms with E-state index in [0.29, 0.717) is 12.3 Å². The average molecular weight is 483 g/mol. The number of nitrogens with zero attached hydrogens (tertiary/aromatic N) is 1. The minimum atomic E-state index is -0.152. The summed E-state index contributed by atoms with van der Waals surface area (Å²) in [4.78, 5) is 15.5. The van der Waals surface area contributed by atoms with E-state index in [0.717, 1.165) is 34.1 Å². The molecule has 0 radical (unpaired) electrons. The molecule has 2 heterocycles. The molecule has 0 bridgehead atoms. The second-order valence-electron chi connectivity index (χ2n) is 9.54. The molecule has 1 fully saturated rings. The highest BCUT2D eigenvalue weighted by atomic mass is 79.9. The molecule has 0 spiro atoms. The van der Waals surface area contributed by atoms with Crippen molar-refractivity contribution < 1.29 is 9.21 Å². The third kappa shape index (κ3) is 4.73. The van der Waals surface area contributed by atoms with Crippen molar-refractivity contribution in [2.45, 2.75) is 52.0 Å². The number of benzene rings is 2. The smallest absolute Gasteiger partial charge is 0.287 e. The van der Waals surface area contributed by atoms with Crippen LogP contribution in [-0.2, 0) is 5.41 Å².